The number of halogens is 1. The van der Waals surface area contributed by atoms with Gasteiger partial charge in [0.1, 0.15) is 0 Å². The second kappa shape index (κ2) is 2.34. The molecule has 0 spiro atoms. The highest BCUT2D eigenvalue weighted by molar-refractivity contribution is 5.80. The molecule has 0 amide bonds. The molecule has 0 aliphatic rings. The summed E-state index contributed by atoms with van der Waals surface area (Å²) in [6, 6.07) is -1.62. The molecule has 0 saturated carbocycles. The SMILES string of the molecule is CC(O)=CC(=O)F. The van der Waals surface area contributed by atoms with Gasteiger partial charge in [0.05, 0.1) is 11.8 Å². The summed E-state index contributed by atoms with van der Waals surface area (Å²) in [5.74, 6) is -0.312. The third-order valence-corrected chi connectivity index (χ3v) is 0.322. The van der Waals surface area contributed by atoms with Crippen LogP contribution in [0.3, 0.4) is 0 Å². The summed E-state index contributed by atoms with van der Waals surface area (Å²) in [4.78, 5) is 9.35. The first kappa shape index (κ1) is 6.14. The molecule has 0 aromatic rings. The summed E-state index contributed by atoms with van der Waals surface area (Å²) in [6.45, 7) is 1.22. The number of carbonyl (C=O) groups is 1. The van der Waals surface area contributed by atoms with Crippen LogP contribution in [-0.4, -0.2) is 11.1 Å². The van der Waals surface area contributed by atoms with E-state index in [0.29, 0.717) is 6.08 Å². The quantitative estimate of drug-likeness (QED) is 0.305. The van der Waals surface area contributed by atoms with Crippen molar-refractivity contribution in [3.8, 4) is 0 Å². The topological polar surface area (TPSA) is 37.3 Å². The molecule has 0 rings (SSSR count). The van der Waals surface area contributed by atoms with E-state index in [-0.39, 0.29) is 5.76 Å². The highest BCUT2D eigenvalue weighted by Gasteiger charge is 1.88. The maximum atomic E-state index is 11.1. The zero-order chi connectivity index (χ0) is 5.86. The Labute approximate surface area is 40.3 Å². The van der Waals surface area contributed by atoms with Gasteiger partial charge in [0.25, 0.3) is 0 Å². The van der Waals surface area contributed by atoms with Gasteiger partial charge in [0, 0.05) is 0 Å². The lowest BCUT2D eigenvalue weighted by atomic mass is 10.5. The highest BCUT2D eigenvalue weighted by atomic mass is 19.1. The minimum atomic E-state index is -1.62. The van der Waals surface area contributed by atoms with Gasteiger partial charge in [0.2, 0.25) is 0 Å². The van der Waals surface area contributed by atoms with Crippen LogP contribution in [0.5, 0.6) is 0 Å². The number of aliphatic hydroxyl groups is 1. The molecule has 0 aromatic heterocycles. The Kier molecular flexibility index (Phi) is 2.05. The van der Waals surface area contributed by atoms with E-state index in [1.54, 1.807) is 0 Å². The van der Waals surface area contributed by atoms with Gasteiger partial charge in [-0.05, 0) is 6.92 Å². The molecule has 40 valence electrons. The Bertz CT molecular complexity index is 102. The van der Waals surface area contributed by atoms with E-state index in [0.717, 1.165) is 0 Å². The fourth-order valence-electron chi connectivity index (χ4n) is 0.164. The summed E-state index contributed by atoms with van der Waals surface area (Å²) in [5, 5.41) is 8.12. The minimum absolute atomic E-state index is 0.312. The molecule has 0 fully saturated rings. The van der Waals surface area contributed by atoms with Gasteiger partial charge in [-0.15, -0.1) is 0 Å². The van der Waals surface area contributed by atoms with Crippen LogP contribution < -0.4 is 0 Å². The summed E-state index contributed by atoms with van der Waals surface area (Å²) in [7, 11) is 0. The van der Waals surface area contributed by atoms with E-state index in [1.165, 1.54) is 6.92 Å². The van der Waals surface area contributed by atoms with E-state index >= 15 is 0 Å². The maximum Gasteiger partial charge on any atom is 0.328 e. The molecule has 0 atom stereocenters. The van der Waals surface area contributed by atoms with Crippen molar-refractivity contribution in [1.82, 2.24) is 0 Å². The van der Waals surface area contributed by atoms with Crippen molar-refractivity contribution < 1.29 is 14.3 Å². The Balaban J connectivity index is 3.68. The lowest BCUT2D eigenvalue weighted by molar-refractivity contribution is -0.124. The van der Waals surface area contributed by atoms with Gasteiger partial charge >= 0.3 is 6.04 Å². The highest BCUT2D eigenvalue weighted by Crippen LogP contribution is 1.84. The summed E-state index contributed by atoms with van der Waals surface area (Å²) in [6.07, 6.45) is 0.500. The van der Waals surface area contributed by atoms with Crippen LogP contribution in [0.25, 0.3) is 0 Å². The number of hydrogen-bond donors (Lipinski definition) is 1. The fourth-order valence-corrected chi connectivity index (χ4v) is 0.164. The van der Waals surface area contributed by atoms with Crippen molar-refractivity contribution in [3.05, 3.63) is 11.8 Å². The van der Waals surface area contributed by atoms with E-state index < -0.39 is 6.04 Å². The lowest BCUT2D eigenvalue weighted by Crippen LogP contribution is -1.80. The molecule has 0 aromatic carbocycles. The molecular formula is C4H5FO2. The predicted octanol–water partition coefficient (Wildman–Crippen LogP) is 0.944. The van der Waals surface area contributed by atoms with Crippen molar-refractivity contribution in [2.24, 2.45) is 0 Å². The van der Waals surface area contributed by atoms with Gasteiger partial charge in [-0.25, -0.2) is 0 Å². The number of hydrogen-bond acceptors (Lipinski definition) is 2. The molecular weight excluding hydrogens is 99.0 g/mol. The minimum Gasteiger partial charge on any atom is -0.512 e. The van der Waals surface area contributed by atoms with E-state index in [1.807, 2.05) is 0 Å². The van der Waals surface area contributed by atoms with Gasteiger partial charge < -0.3 is 5.11 Å². The van der Waals surface area contributed by atoms with Crippen LogP contribution in [0.15, 0.2) is 11.8 Å². The number of allylic oxidation sites excluding steroid dienone is 2. The average molecular weight is 104 g/mol. The van der Waals surface area contributed by atoms with Crippen LogP contribution in [0.2, 0.25) is 0 Å². The third kappa shape index (κ3) is 5.14. The van der Waals surface area contributed by atoms with E-state index in [4.69, 9.17) is 5.11 Å². The molecule has 0 heterocycles. The Morgan fingerprint density at radius 3 is 2.29 bits per heavy atom. The molecule has 7 heavy (non-hydrogen) atoms. The second-order valence-corrected chi connectivity index (χ2v) is 1.09. The van der Waals surface area contributed by atoms with Crippen LogP contribution >= 0.6 is 0 Å². The molecule has 0 aliphatic carbocycles. The maximum absolute atomic E-state index is 11.1. The Morgan fingerprint density at radius 2 is 2.29 bits per heavy atom. The predicted molar refractivity (Wildman–Crippen MR) is 22.5 cm³/mol. The van der Waals surface area contributed by atoms with Crippen LogP contribution in [-0.2, 0) is 4.79 Å². The van der Waals surface area contributed by atoms with Crippen LogP contribution in [0, 0.1) is 0 Å². The Hall–Kier alpha value is -0.860. The first-order valence-corrected chi connectivity index (χ1v) is 1.69. The Morgan fingerprint density at radius 1 is 1.86 bits per heavy atom. The largest absolute Gasteiger partial charge is 0.512 e. The molecule has 3 heteroatoms. The molecule has 0 bridgehead atoms. The van der Waals surface area contributed by atoms with E-state index in [2.05, 4.69) is 0 Å². The number of rotatable bonds is 1. The molecule has 0 unspecified atom stereocenters. The van der Waals surface area contributed by atoms with Crippen molar-refractivity contribution in [1.29, 1.82) is 0 Å². The molecule has 0 aliphatic heterocycles. The van der Waals surface area contributed by atoms with Gasteiger partial charge in [-0.1, -0.05) is 0 Å². The number of carbonyl (C=O) groups excluding carboxylic acids is 1. The zero-order valence-electron chi connectivity index (χ0n) is 3.81. The molecule has 0 saturated heterocycles. The standard InChI is InChI=1S/C4H5FO2/c1-3(6)2-4(5)7/h2,6H,1H3. The third-order valence-electron chi connectivity index (χ3n) is 0.322. The van der Waals surface area contributed by atoms with Crippen molar-refractivity contribution in [2.45, 2.75) is 6.92 Å². The van der Waals surface area contributed by atoms with Gasteiger partial charge in [0.15, 0.2) is 0 Å². The van der Waals surface area contributed by atoms with Crippen molar-refractivity contribution in [2.75, 3.05) is 0 Å². The van der Waals surface area contributed by atoms with Crippen molar-refractivity contribution >= 4 is 6.04 Å². The van der Waals surface area contributed by atoms with Gasteiger partial charge in [-0.2, -0.15) is 4.39 Å². The molecule has 1 N–H and O–H groups in total. The van der Waals surface area contributed by atoms with E-state index in [9.17, 15) is 9.18 Å². The average Bonchev–Trinajstić information content (AvgIpc) is 1.27. The van der Waals surface area contributed by atoms with Crippen LogP contribution in [0.4, 0.5) is 4.39 Å². The zero-order valence-corrected chi connectivity index (χ0v) is 3.81. The van der Waals surface area contributed by atoms with Crippen LogP contribution in [0.1, 0.15) is 6.92 Å². The normalized spacial score (nSPS) is 11.4. The summed E-state index contributed by atoms with van der Waals surface area (Å²) < 4.78 is 11.1. The molecule has 2 nitrogen and oxygen atoms in total. The smallest absolute Gasteiger partial charge is 0.328 e. The number of aliphatic hydroxyl groups excluding tert-OH is 1. The summed E-state index contributed by atoms with van der Waals surface area (Å²) >= 11 is 0. The molecule has 0 radical (unpaired) electrons. The lowest BCUT2D eigenvalue weighted by Gasteiger charge is -1.78. The monoisotopic (exact) mass is 104 g/mol. The first-order chi connectivity index (χ1) is 3.13. The fraction of sp³-hybridized carbons (Fsp3) is 0.250. The first-order valence-electron chi connectivity index (χ1n) is 1.69. The summed E-state index contributed by atoms with van der Waals surface area (Å²) in [5.41, 5.74) is 0. The second-order valence-electron chi connectivity index (χ2n) is 1.09. The van der Waals surface area contributed by atoms with Crippen molar-refractivity contribution in [3.63, 3.8) is 0 Å². The van der Waals surface area contributed by atoms with Gasteiger partial charge in [-0.3, -0.25) is 4.79 Å².